The molecule has 5 heteroatoms. The highest BCUT2D eigenvalue weighted by Crippen LogP contribution is 2.00. The third-order valence-corrected chi connectivity index (χ3v) is 1.55. The van der Waals surface area contributed by atoms with E-state index in [0.29, 0.717) is 25.1 Å². The monoisotopic (exact) mass is 210 g/mol. The molecule has 0 saturated heterocycles. The Labute approximate surface area is 88.4 Å². The Bertz CT molecular complexity index is 298. The summed E-state index contributed by atoms with van der Waals surface area (Å²) < 4.78 is 10.5. The lowest BCUT2D eigenvalue weighted by atomic mass is 10.4. The van der Waals surface area contributed by atoms with Gasteiger partial charge >= 0.3 is 6.01 Å². The number of rotatable bonds is 6. The molecule has 1 aromatic heterocycles. The zero-order valence-electron chi connectivity index (χ0n) is 8.84. The van der Waals surface area contributed by atoms with Gasteiger partial charge in [-0.3, -0.25) is 4.79 Å². The first-order valence-corrected chi connectivity index (χ1v) is 4.74. The van der Waals surface area contributed by atoms with E-state index in [-0.39, 0.29) is 12.1 Å². The first-order chi connectivity index (χ1) is 7.22. The lowest BCUT2D eigenvalue weighted by Gasteiger charge is -2.07. The summed E-state index contributed by atoms with van der Waals surface area (Å²) in [5.41, 5.74) is 0.431. The van der Waals surface area contributed by atoms with Crippen molar-refractivity contribution in [2.75, 3.05) is 13.2 Å². The number of ether oxygens (including phenoxy) is 2. The van der Waals surface area contributed by atoms with Gasteiger partial charge in [0.1, 0.15) is 6.61 Å². The minimum absolute atomic E-state index is 0.187. The summed E-state index contributed by atoms with van der Waals surface area (Å²) in [7, 11) is 0. The van der Waals surface area contributed by atoms with Gasteiger partial charge in [0, 0.05) is 12.4 Å². The van der Waals surface area contributed by atoms with Crippen LogP contribution in [0.3, 0.4) is 0 Å². The van der Waals surface area contributed by atoms with Crippen molar-refractivity contribution in [2.24, 2.45) is 0 Å². The highest BCUT2D eigenvalue weighted by Gasteiger charge is 1.98. The van der Waals surface area contributed by atoms with Crippen LogP contribution in [-0.2, 0) is 4.74 Å². The molecule has 0 saturated carbocycles. The van der Waals surface area contributed by atoms with E-state index in [2.05, 4.69) is 9.97 Å². The molecule has 0 fully saturated rings. The summed E-state index contributed by atoms with van der Waals surface area (Å²) in [6, 6.07) is 0.257. The molecule has 0 aromatic carbocycles. The normalized spacial score (nSPS) is 10.3. The van der Waals surface area contributed by atoms with E-state index in [1.54, 1.807) is 0 Å². The average Bonchev–Trinajstić information content (AvgIpc) is 2.25. The number of nitrogens with zero attached hydrogens (tertiary/aromatic N) is 2. The molecule has 0 aliphatic carbocycles. The van der Waals surface area contributed by atoms with Gasteiger partial charge in [-0.2, -0.15) is 0 Å². The van der Waals surface area contributed by atoms with Crippen molar-refractivity contribution in [1.29, 1.82) is 0 Å². The highest BCUT2D eigenvalue weighted by molar-refractivity contribution is 5.73. The SMILES string of the molecule is CC(C)OCCOc1ncc(C=O)cn1. The molecular weight excluding hydrogens is 196 g/mol. The Kier molecular flexibility index (Phi) is 4.70. The fourth-order valence-corrected chi connectivity index (χ4v) is 0.878. The second-order valence-corrected chi connectivity index (χ2v) is 3.18. The molecule has 0 aliphatic rings. The number of hydrogen-bond acceptors (Lipinski definition) is 5. The van der Waals surface area contributed by atoms with Gasteiger partial charge in [-0.05, 0) is 13.8 Å². The standard InChI is InChI=1S/C10H14N2O3/c1-8(2)14-3-4-15-10-11-5-9(7-13)6-12-10/h5-8H,3-4H2,1-2H3. The second-order valence-electron chi connectivity index (χ2n) is 3.18. The van der Waals surface area contributed by atoms with Crippen LogP contribution in [0.5, 0.6) is 6.01 Å². The Morgan fingerprint density at radius 1 is 1.33 bits per heavy atom. The lowest BCUT2D eigenvalue weighted by Crippen LogP contribution is -2.12. The summed E-state index contributed by atoms with van der Waals surface area (Å²) in [5.74, 6) is 0. The van der Waals surface area contributed by atoms with Crippen LogP contribution in [0, 0.1) is 0 Å². The van der Waals surface area contributed by atoms with E-state index in [0.717, 1.165) is 0 Å². The number of carbonyl (C=O) groups is 1. The van der Waals surface area contributed by atoms with Gasteiger partial charge < -0.3 is 9.47 Å². The van der Waals surface area contributed by atoms with Gasteiger partial charge in [0.2, 0.25) is 0 Å². The third kappa shape index (κ3) is 4.51. The fourth-order valence-electron chi connectivity index (χ4n) is 0.878. The first-order valence-electron chi connectivity index (χ1n) is 4.74. The van der Waals surface area contributed by atoms with Gasteiger partial charge in [-0.1, -0.05) is 0 Å². The number of carbonyl (C=O) groups excluding carboxylic acids is 1. The van der Waals surface area contributed by atoms with E-state index < -0.39 is 0 Å². The summed E-state index contributed by atoms with van der Waals surface area (Å²) >= 11 is 0. The van der Waals surface area contributed by atoms with Gasteiger partial charge in [0.25, 0.3) is 0 Å². The predicted octanol–water partition coefficient (Wildman–Crippen LogP) is 1.09. The fraction of sp³-hybridized carbons (Fsp3) is 0.500. The molecule has 0 atom stereocenters. The molecular formula is C10H14N2O3. The van der Waals surface area contributed by atoms with Crippen LogP contribution in [0.1, 0.15) is 24.2 Å². The summed E-state index contributed by atoms with van der Waals surface area (Å²) in [4.78, 5) is 18.0. The number of aromatic nitrogens is 2. The van der Waals surface area contributed by atoms with Crippen molar-refractivity contribution in [3.05, 3.63) is 18.0 Å². The van der Waals surface area contributed by atoms with Crippen LogP contribution in [0.15, 0.2) is 12.4 Å². The quantitative estimate of drug-likeness (QED) is 0.519. The van der Waals surface area contributed by atoms with E-state index in [1.807, 2.05) is 13.8 Å². The highest BCUT2D eigenvalue weighted by atomic mass is 16.5. The van der Waals surface area contributed by atoms with Crippen LogP contribution >= 0.6 is 0 Å². The smallest absolute Gasteiger partial charge is 0.316 e. The second kappa shape index (κ2) is 6.08. The minimum Gasteiger partial charge on any atom is -0.461 e. The van der Waals surface area contributed by atoms with Crippen LogP contribution in [0.25, 0.3) is 0 Å². The minimum atomic E-state index is 0.187. The summed E-state index contributed by atoms with van der Waals surface area (Å²) in [5, 5.41) is 0. The number of aldehydes is 1. The van der Waals surface area contributed by atoms with Crippen LogP contribution in [0.4, 0.5) is 0 Å². The van der Waals surface area contributed by atoms with Gasteiger partial charge in [0.15, 0.2) is 6.29 Å². The first kappa shape index (κ1) is 11.6. The summed E-state index contributed by atoms with van der Waals surface area (Å²) in [6.45, 7) is 4.81. The maximum absolute atomic E-state index is 10.3. The summed E-state index contributed by atoms with van der Waals surface area (Å²) in [6.07, 6.45) is 3.70. The zero-order valence-corrected chi connectivity index (χ0v) is 8.84. The van der Waals surface area contributed by atoms with Gasteiger partial charge in [-0.25, -0.2) is 9.97 Å². The van der Waals surface area contributed by atoms with Crippen LogP contribution in [0.2, 0.25) is 0 Å². The molecule has 0 N–H and O–H groups in total. The number of hydrogen-bond donors (Lipinski definition) is 0. The van der Waals surface area contributed by atoms with Gasteiger partial charge in [-0.15, -0.1) is 0 Å². The Morgan fingerprint density at radius 2 is 2.00 bits per heavy atom. The molecule has 0 aliphatic heterocycles. The molecule has 0 radical (unpaired) electrons. The van der Waals surface area contributed by atoms with Crippen molar-refractivity contribution >= 4 is 6.29 Å². The maximum Gasteiger partial charge on any atom is 0.316 e. The molecule has 0 spiro atoms. The van der Waals surface area contributed by atoms with Crippen LogP contribution in [-0.4, -0.2) is 35.6 Å². The van der Waals surface area contributed by atoms with E-state index in [4.69, 9.17) is 9.47 Å². The lowest BCUT2D eigenvalue weighted by molar-refractivity contribution is 0.0531. The van der Waals surface area contributed by atoms with E-state index in [1.165, 1.54) is 12.4 Å². The third-order valence-electron chi connectivity index (χ3n) is 1.55. The molecule has 1 heterocycles. The predicted molar refractivity (Wildman–Crippen MR) is 54.0 cm³/mol. The van der Waals surface area contributed by atoms with Crippen molar-refractivity contribution in [1.82, 2.24) is 9.97 Å². The average molecular weight is 210 g/mol. The topological polar surface area (TPSA) is 61.3 Å². The molecule has 15 heavy (non-hydrogen) atoms. The van der Waals surface area contributed by atoms with Crippen LogP contribution < -0.4 is 4.74 Å². The molecule has 82 valence electrons. The van der Waals surface area contributed by atoms with E-state index in [9.17, 15) is 4.79 Å². The Morgan fingerprint density at radius 3 is 2.53 bits per heavy atom. The Balaban J connectivity index is 2.28. The Hall–Kier alpha value is -1.49. The van der Waals surface area contributed by atoms with E-state index >= 15 is 0 Å². The van der Waals surface area contributed by atoms with Crippen molar-refractivity contribution in [3.8, 4) is 6.01 Å². The molecule has 1 aromatic rings. The largest absolute Gasteiger partial charge is 0.461 e. The van der Waals surface area contributed by atoms with Crippen molar-refractivity contribution in [3.63, 3.8) is 0 Å². The molecule has 0 bridgehead atoms. The maximum atomic E-state index is 10.3. The molecule has 0 unspecified atom stereocenters. The molecule has 0 amide bonds. The van der Waals surface area contributed by atoms with Gasteiger partial charge in [0.05, 0.1) is 18.3 Å². The molecule has 5 nitrogen and oxygen atoms in total. The van der Waals surface area contributed by atoms with Crippen molar-refractivity contribution in [2.45, 2.75) is 20.0 Å². The zero-order chi connectivity index (χ0) is 11.1. The molecule has 1 rings (SSSR count). The van der Waals surface area contributed by atoms with Crippen molar-refractivity contribution < 1.29 is 14.3 Å².